The Bertz CT molecular complexity index is 812. The van der Waals surface area contributed by atoms with E-state index in [0.717, 1.165) is 11.3 Å². The molecule has 0 bridgehead atoms. The summed E-state index contributed by atoms with van der Waals surface area (Å²) in [6.07, 6.45) is 0.00414. The molecule has 0 saturated heterocycles. The molecule has 2 aromatic carbocycles. The van der Waals surface area contributed by atoms with E-state index >= 15 is 0 Å². The predicted octanol–water partition coefficient (Wildman–Crippen LogP) is 4.73. The van der Waals surface area contributed by atoms with Crippen molar-refractivity contribution in [1.29, 1.82) is 0 Å². The number of nitrogens with two attached hydrogens (primary N) is 1. The zero-order valence-electron chi connectivity index (χ0n) is 16.7. The maximum Gasteiger partial charge on any atom is 0.250 e. The molecule has 27 heavy (non-hydrogen) atoms. The Balaban J connectivity index is 2.21. The molecule has 0 aliphatic heterocycles. The Hall–Kier alpha value is -2.60. The Morgan fingerprint density at radius 2 is 1.67 bits per heavy atom. The van der Waals surface area contributed by atoms with Crippen molar-refractivity contribution in [3.8, 4) is 11.5 Å². The van der Waals surface area contributed by atoms with E-state index in [4.69, 9.17) is 15.0 Å². The average molecular weight is 385 g/mol. The first-order valence-corrected chi connectivity index (χ1v) is 11.9. The van der Waals surface area contributed by atoms with Crippen LogP contribution in [0.15, 0.2) is 59.8 Å². The number of primary amides is 1. The first kappa shape index (κ1) is 20.7. The maximum atomic E-state index is 11.4. The number of hydrogen-bond acceptors (Lipinski definition) is 4. The van der Waals surface area contributed by atoms with Crippen LogP contribution in [0.1, 0.15) is 32.8 Å². The van der Waals surface area contributed by atoms with Crippen LogP contribution in [0.25, 0.3) is 0 Å². The molecule has 0 heterocycles. The van der Waals surface area contributed by atoms with Gasteiger partial charge in [-0.3, -0.25) is 4.79 Å². The molecular formula is C21H28N2O3Si. The summed E-state index contributed by atoms with van der Waals surface area (Å²) in [7, 11) is -1.94. The number of benzene rings is 2. The first-order valence-electron chi connectivity index (χ1n) is 8.95. The lowest BCUT2D eigenvalue weighted by Crippen LogP contribution is -2.43. The van der Waals surface area contributed by atoms with E-state index in [2.05, 4.69) is 39.0 Å². The van der Waals surface area contributed by atoms with Gasteiger partial charge in [0, 0.05) is 6.07 Å². The lowest BCUT2D eigenvalue weighted by atomic mass is 10.1. The highest BCUT2D eigenvalue weighted by molar-refractivity contribution is 6.74. The second kappa shape index (κ2) is 8.39. The Kier molecular flexibility index (Phi) is 6.44. The number of hydrogen-bond donors (Lipinski definition) is 1. The summed E-state index contributed by atoms with van der Waals surface area (Å²) < 4.78 is 6.30. The lowest BCUT2D eigenvalue weighted by Gasteiger charge is -2.36. The molecular weight excluding hydrogens is 356 g/mol. The van der Waals surface area contributed by atoms with E-state index in [0.29, 0.717) is 11.5 Å². The van der Waals surface area contributed by atoms with Crippen LogP contribution in [0.4, 0.5) is 0 Å². The fourth-order valence-electron chi connectivity index (χ4n) is 2.13. The number of carbonyl (C=O) groups excluding carboxylic acids is 1. The van der Waals surface area contributed by atoms with E-state index in [1.807, 2.05) is 48.5 Å². The zero-order valence-corrected chi connectivity index (χ0v) is 17.7. The summed E-state index contributed by atoms with van der Waals surface area (Å²) in [5.74, 6) is 0.839. The molecule has 0 aromatic heterocycles. The molecule has 0 unspecified atom stereocenters. The molecule has 6 heteroatoms. The monoisotopic (exact) mass is 384 g/mol. The van der Waals surface area contributed by atoms with Crippen molar-refractivity contribution in [3.63, 3.8) is 0 Å². The van der Waals surface area contributed by atoms with E-state index in [1.54, 1.807) is 6.07 Å². The molecule has 0 spiro atoms. The van der Waals surface area contributed by atoms with Crippen molar-refractivity contribution in [2.75, 3.05) is 0 Å². The Labute approximate surface area is 162 Å². The van der Waals surface area contributed by atoms with Crippen LogP contribution in [-0.4, -0.2) is 19.9 Å². The summed E-state index contributed by atoms with van der Waals surface area (Å²) in [5.41, 5.74) is 6.62. The molecule has 0 aliphatic rings. The minimum absolute atomic E-state index is 0.00414. The molecule has 0 aliphatic carbocycles. The second-order valence-electron chi connectivity index (χ2n) is 7.98. The summed E-state index contributed by atoms with van der Waals surface area (Å²) in [4.78, 5) is 16.9. The van der Waals surface area contributed by atoms with Crippen LogP contribution in [0.3, 0.4) is 0 Å². The summed E-state index contributed by atoms with van der Waals surface area (Å²) >= 11 is 0. The van der Waals surface area contributed by atoms with Crippen molar-refractivity contribution in [3.05, 3.63) is 60.2 Å². The van der Waals surface area contributed by atoms with Gasteiger partial charge in [-0.15, -0.1) is 0 Å². The predicted molar refractivity (Wildman–Crippen MR) is 112 cm³/mol. The van der Waals surface area contributed by atoms with Crippen LogP contribution in [-0.2, 0) is 4.79 Å². The molecule has 1 amide bonds. The van der Waals surface area contributed by atoms with Crippen molar-refractivity contribution < 1.29 is 14.1 Å². The molecule has 0 atom stereocenters. The number of oxime groups is 1. The molecule has 144 valence electrons. The molecule has 0 saturated carbocycles. The van der Waals surface area contributed by atoms with Gasteiger partial charge in [-0.2, -0.15) is 0 Å². The normalized spacial score (nSPS) is 12.6. The van der Waals surface area contributed by atoms with Gasteiger partial charge < -0.3 is 15.0 Å². The third kappa shape index (κ3) is 5.96. The minimum atomic E-state index is -1.94. The van der Waals surface area contributed by atoms with Crippen LogP contribution in [0.2, 0.25) is 18.1 Å². The standard InChI is InChI=1S/C21H28N2O3Si/c1-21(2,3)27(4,5)26-18-13-9-12-17(14-18)25-23-19(15-20(22)24)16-10-7-6-8-11-16/h6-14H,15H2,1-5H3,(H2,22,24)/b23-19+. The van der Waals surface area contributed by atoms with Gasteiger partial charge in [-0.1, -0.05) is 62.3 Å². The highest BCUT2D eigenvalue weighted by Crippen LogP contribution is 2.37. The number of rotatable bonds is 7. The van der Waals surface area contributed by atoms with Gasteiger partial charge in [0.15, 0.2) is 5.75 Å². The number of amides is 1. The van der Waals surface area contributed by atoms with E-state index in [-0.39, 0.29) is 11.5 Å². The van der Waals surface area contributed by atoms with Crippen LogP contribution >= 0.6 is 0 Å². The highest BCUT2D eigenvalue weighted by Gasteiger charge is 2.39. The van der Waals surface area contributed by atoms with Gasteiger partial charge in [0.25, 0.3) is 0 Å². The molecule has 2 N–H and O–H groups in total. The average Bonchev–Trinajstić information content (AvgIpc) is 2.58. The number of nitrogens with zero attached hydrogens (tertiary/aromatic N) is 1. The van der Waals surface area contributed by atoms with E-state index in [1.165, 1.54) is 0 Å². The van der Waals surface area contributed by atoms with Gasteiger partial charge in [0.05, 0.1) is 12.1 Å². The Morgan fingerprint density at radius 1 is 1.04 bits per heavy atom. The van der Waals surface area contributed by atoms with Crippen molar-refractivity contribution >= 4 is 19.9 Å². The van der Waals surface area contributed by atoms with E-state index < -0.39 is 14.2 Å². The number of carbonyl (C=O) groups is 1. The third-order valence-corrected chi connectivity index (χ3v) is 9.05. The summed E-state index contributed by atoms with van der Waals surface area (Å²) in [6, 6.07) is 16.8. The van der Waals surface area contributed by atoms with Crippen LogP contribution in [0.5, 0.6) is 11.5 Å². The second-order valence-corrected chi connectivity index (χ2v) is 12.7. The van der Waals surface area contributed by atoms with Crippen molar-refractivity contribution in [2.45, 2.75) is 45.3 Å². The molecule has 2 aromatic rings. The molecule has 0 radical (unpaired) electrons. The third-order valence-electron chi connectivity index (χ3n) is 4.69. The van der Waals surface area contributed by atoms with Gasteiger partial charge in [0.1, 0.15) is 5.75 Å². The summed E-state index contributed by atoms with van der Waals surface area (Å²) in [5, 5.41) is 4.26. The smallest absolute Gasteiger partial charge is 0.250 e. The molecule has 0 fully saturated rings. The van der Waals surface area contributed by atoms with E-state index in [9.17, 15) is 4.79 Å². The van der Waals surface area contributed by atoms with Gasteiger partial charge in [0.2, 0.25) is 14.2 Å². The topological polar surface area (TPSA) is 73.9 Å². The fourth-order valence-corrected chi connectivity index (χ4v) is 3.16. The summed E-state index contributed by atoms with van der Waals surface area (Å²) in [6.45, 7) is 11.0. The minimum Gasteiger partial charge on any atom is -0.543 e. The van der Waals surface area contributed by atoms with Crippen LogP contribution in [0, 0.1) is 0 Å². The maximum absolute atomic E-state index is 11.4. The highest BCUT2D eigenvalue weighted by atomic mass is 28.4. The van der Waals surface area contributed by atoms with Crippen molar-refractivity contribution in [1.82, 2.24) is 0 Å². The molecule has 5 nitrogen and oxygen atoms in total. The van der Waals surface area contributed by atoms with Gasteiger partial charge in [-0.25, -0.2) is 0 Å². The molecule has 2 rings (SSSR count). The largest absolute Gasteiger partial charge is 0.543 e. The lowest BCUT2D eigenvalue weighted by molar-refractivity contribution is -0.116. The van der Waals surface area contributed by atoms with Crippen molar-refractivity contribution in [2.24, 2.45) is 10.9 Å². The fraction of sp³-hybridized carbons (Fsp3) is 0.333. The van der Waals surface area contributed by atoms with Gasteiger partial charge in [-0.05, 0) is 35.8 Å². The Morgan fingerprint density at radius 3 is 2.26 bits per heavy atom. The van der Waals surface area contributed by atoms with Gasteiger partial charge >= 0.3 is 0 Å². The van der Waals surface area contributed by atoms with Crippen LogP contribution < -0.4 is 15.0 Å². The zero-order chi connectivity index (χ0) is 20.1. The quantitative estimate of drug-likeness (QED) is 0.426. The SMILES string of the molecule is CC(C)(C)[Si](C)(C)Oc1cccc(O/N=C(\CC(N)=O)c2ccccc2)c1. The first-order chi connectivity index (χ1) is 12.6.